The molecule has 0 amide bonds. The van der Waals surface area contributed by atoms with E-state index in [9.17, 15) is 5.11 Å². The lowest BCUT2D eigenvalue weighted by Gasteiger charge is -2.13. The van der Waals surface area contributed by atoms with Crippen molar-refractivity contribution >= 4 is 0 Å². The van der Waals surface area contributed by atoms with Crippen LogP contribution in [0.25, 0.3) is 0 Å². The monoisotopic (exact) mass is 236 g/mol. The first-order valence-electron chi connectivity index (χ1n) is 5.97. The highest BCUT2D eigenvalue weighted by atomic mass is 16.5. The van der Waals surface area contributed by atoms with Gasteiger partial charge in [0.2, 0.25) is 0 Å². The van der Waals surface area contributed by atoms with Gasteiger partial charge in [0.1, 0.15) is 11.5 Å². The predicted octanol–water partition coefficient (Wildman–Crippen LogP) is 1.19. The summed E-state index contributed by atoms with van der Waals surface area (Å²) in [7, 11) is 3.73. The molecule has 4 heteroatoms. The van der Waals surface area contributed by atoms with Crippen molar-refractivity contribution in [1.82, 2.24) is 10.2 Å². The molecule has 0 saturated carbocycles. The third kappa shape index (κ3) is 3.11. The lowest BCUT2D eigenvalue weighted by Crippen LogP contribution is -2.30. The molecule has 1 aliphatic rings. The molecule has 4 nitrogen and oxygen atoms in total. The van der Waals surface area contributed by atoms with E-state index in [1.807, 2.05) is 12.1 Å². The second kappa shape index (κ2) is 5.38. The Labute approximate surface area is 102 Å². The number of nitrogens with zero attached hydrogens (tertiary/aromatic N) is 1. The number of benzene rings is 1. The zero-order valence-corrected chi connectivity index (χ0v) is 10.4. The van der Waals surface area contributed by atoms with Gasteiger partial charge in [-0.2, -0.15) is 0 Å². The Bertz CT molecular complexity index is 382. The smallest absolute Gasteiger partial charge is 0.123 e. The summed E-state index contributed by atoms with van der Waals surface area (Å²) >= 11 is 0. The first kappa shape index (κ1) is 12.2. The fourth-order valence-electron chi connectivity index (χ4n) is 2.18. The van der Waals surface area contributed by atoms with Gasteiger partial charge in [0.25, 0.3) is 0 Å². The van der Waals surface area contributed by atoms with Gasteiger partial charge in [-0.15, -0.1) is 0 Å². The van der Waals surface area contributed by atoms with E-state index in [1.165, 1.54) is 6.42 Å². The van der Waals surface area contributed by atoms with Crippen molar-refractivity contribution in [1.29, 1.82) is 0 Å². The maximum atomic E-state index is 9.82. The molecule has 1 unspecified atom stereocenters. The molecule has 1 aromatic rings. The summed E-state index contributed by atoms with van der Waals surface area (Å²) < 4.78 is 5.05. The Morgan fingerprint density at radius 3 is 2.94 bits per heavy atom. The van der Waals surface area contributed by atoms with Gasteiger partial charge in [0.05, 0.1) is 7.11 Å². The number of hydrogen-bond acceptors (Lipinski definition) is 4. The summed E-state index contributed by atoms with van der Waals surface area (Å²) in [6.07, 6.45) is 1.17. The molecule has 2 N–H and O–H groups in total. The molecule has 1 heterocycles. The zero-order valence-electron chi connectivity index (χ0n) is 10.4. The first-order valence-corrected chi connectivity index (χ1v) is 5.97. The van der Waals surface area contributed by atoms with Gasteiger partial charge >= 0.3 is 0 Å². The van der Waals surface area contributed by atoms with Crippen molar-refractivity contribution in [3.63, 3.8) is 0 Å². The lowest BCUT2D eigenvalue weighted by atomic mass is 10.1. The first-order chi connectivity index (χ1) is 8.19. The lowest BCUT2D eigenvalue weighted by molar-refractivity contribution is 0.394. The average Bonchev–Trinajstić information content (AvgIpc) is 2.73. The van der Waals surface area contributed by atoms with Gasteiger partial charge in [-0.3, -0.25) is 0 Å². The molecular formula is C13H20N2O2. The molecule has 0 radical (unpaired) electrons. The zero-order chi connectivity index (χ0) is 12.3. The molecule has 0 aromatic heterocycles. The largest absolute Gasteiger partial charge is 0.507 e. The number of aromatic hydroxyl groups is 1. The number of likely N-dealkylation sites (N-methyl/N-ethyl adjacent to an activating group) is 1. The minimum absolute atomic E-state index is 0.295. The van der Waals surface area contributed by atoms with E-state index in [4.69, 9.17) is 4.74 Å². The van der Waals surface area contributed by atoms with Crippen LogP contribution in [0.3, 0.4) is 0 Å². The van der Waals surface area contributed by atoms with Gasteiger partial charge in [0.15, 0.2) is 0 Å². The molecule has 0 aliphatic carbocycles. The summed E-state index contributed by atoms with van der Waals surface area (Å²) in [4.78, 5) is 2.31. The maximum absolute atomic E-state index is 9.82. The standard InChI is InChI=1S/C13H20N2O2/c1-15-6-5-11(9-15)14-8-10-3-4-12(17-2)7-13(10)16/h3-4,7,11,14,16H,5-6,8-9H2,1-2H3. The van der Waals surface area contributed by atoms with Crippen molar-refractivity contribution in [3.8, 4) is 11.5 Å². The highest BCUT2D eigenvalue weighted by Crippen LogP contribution is 2.23. The second-order valence-electron chi connectivity index (χ2n) is 4.62. The molecule has 1 saturated heterocycles. The van der Waals surface area contributed by atoms with Gasteiger partial charge in [-0.05, 0) is 26.1 Å². The number of rotatable bonds is 4. The molecular weight excluding hydrogens is 216 g/mol. The van der Waals surface area contributed by atoms with Crippen LogP contribution in [0.1, 0.15) is 12.0 Å². The topological polar surface area (TPSA) is 44.7 Å². The van der Waals surface area contributed by atoms with Crippen LogP contribution in [-0.4, -0.2) is 43.3 Å². The Morgan fingerprint density at radius 2 is 2.35 bits per heavy atom. The van der Waals surface area contributed by atoms with Gasteiger partial charge < -0.3 is 20.1 Å². The number of methoxy groups -OCH3 is 1. The van der Waals surface area contributed by atoms with Crippen molar-refractivity contribution in [2.24, 2.45) is 0 Å². The van der Waals surface area contributed by atoms with Crippen LogP contribution >= 0.6 is 0 Å². The minimum atomic E-state index is 0.295. The molecule has 0 bridgehead atoms. The van der Waals surface area contributed by atoms with E-state index in [0.717, 1.165) is 18.7 Å². The summed E-state index contributed by atoms with van der Waals surface area (Å²) in [5.41, 5.74) is 0.917. The minimum Gasteiger partial charge on any atom is -0.507 e. The number of likely N-dealkylation sites (tertiary alicyclic amines) is 1. The van der Waals surface area contributed by atoms with Crippen LogP contribution in [-0.2, 0) is 6.54 Å². The van der Waals surface area contributed by atoms with Gasteiger partial charge in [-0.1, -0.05) is 6.07 Å². The van der Waals surface area contributed by atoms with E-state index < -0.39 is 0 Å². The fourth-order valence-corrected chi connectivity index (χ4v) is 2.18. The van der Waals surface area contributed by atoms with Crippen molar-refractivity contribution < 1.29 is 9.84 Å². The van der Waals surface area contributed by atoms with Crippen LogP contribution in [0.4, 0.5) is 0 Å². The Hall–Kier alpha value is -1.26. The van der Waals surface area contributed by atoms with Gasteiger partial charge in [-0.25, -0.2) is 0 Å². The maximum Gasteiger partial charge on any atom is 0.123 e. The van der Waals surface area contributed by atoms with E-state index in [1.54, 1.807) is 13.2 Å². The Morgan fingerprint density at radius 1 is 1.53 bits per heavy atom. The molecule has 94 valence electrons. The van der Waals surface area contributed by atoms with Crippen LogP contribution in [0.5, 0.6) is 11.5 Å². The van der Waals surface area contributed by atoms with Crippen LogP contribution in [0.2, 0.25) is 0 Å². The summed E-state index contributed by atoms with van der Waals surface area (Å²) in [5.74, 6) is 0.982. The SMILES string of the molecule is COc1ccc(CNC2CCN(C)C2)c(O)c1. The Kier molecular flexibility index (Phi) is 3.86. The van der Waals surface area contributed by atoms with Crippen molar-refractivity contribution in [2.45, 2.75) is 19.0 Å². The van der Waals surface area contributed by atoms with E-state index in [-0.39, 0.29) is 0 Å². The third-order valence-corrected chi connectivity index (χ3v) is 3.26. The second-order valence-corrected chi connectivity index (χ2v) is 4.62. The third-order valence-electron chi connectivity index (χ3n) is 3.26. The number of ether oxygens (including phenoxy) is 1. The van der Waals surface area contributed by atoms with Crippen LogP contribution in [0.15, 0.2) is 18.2 Å². The van der Waals surface area contributed by atoms with Crippen molar-refractivity contribution in [3.05, 3.63) is 23.8 Å². The van der Waals surface area contributed by atoms with Crippen LogP contribution < -0.4 is 10.1 Å². The average molecular weight is 236 g/mol. The number of hydrogen-bond donors (Lipinski definition) is 2. The quantitative estimate of drug-likeness (QED) is 0.824. The van der Waals surface area contributed by atoms with E-state index >= 15 is 0 Å². The summed E-state index contributed by atoms with van der Waals surface area (Å²) in [5, 5.41) is 13.3. The molecule has 2 rings (SSSR count). The number of phenolic OH excluding ortho intramolecular Hbond substituents is 1. The summed E-state index contributed by atoms with van der Waals surface area (Å²) in [6, 6.07) is 5.95. The summed E-state index contributed by atoms with van der Waals surface area (Å²) in [6.45, 7) is 2.93. The molecule has 1 fully saturated rings. The molecule has 1 atom stereocenters. The van der Waals surface area contributed by atoms with Gasteiger partial charge in [0, 0.05) is 30.8 Å². The normalized spacial score (nSPS) is 20.7. The highest BCUT2D eigenvalue weighted by molar-refractivity contribution is 5.39. The predicted molar refractivity (Wildman–Crippen MR) is 67.4 cm³/mol. The molecule has 17 heavy (non-hydrogen) atoms. The highest BCUT2D eigenvalue weighted by Gasteiger charge is 2.18. The molecule has 0 spiro atoms. The van der Waals surface area contributed by atoms with Crippen molar-refractivity contribution in [2.75, 3.05) is 27.2 Å². The van der Waals surface area contributed by atoms with E-state index in [0.29, 0.717) is 24.1 Å². The number of phenols is 1. The molecule has 1 aliphatic heterocycles. The fraction of sp³-hybridized carbons (Fsp3) is 0.538. The molecule has 1 aromatic carbocycles. The van der Waals surface area contributed by atoms with E-state index in [2.05, 4.69) is 17.3 Å². The number of nitrogens with one attached hydrogen (secondary N) is 1. The Balaban J connectivity index is 1.90. The van der Waals surface area contributed by atoms with Crippen LogP contribution in [0, 0.1) is 0 Å².